The molecule has 0 saturated carbocycles. The molecule has 0 aliphatic rings. The standard InChI is InChI=1S/C22H20O6/c1-12-6-5-7-13(2)21(12)26-11-19(25)27-17-9-8-16-14(3)10-18(24)28-22(16)20(17)15(4)23/h5-10H,11H2,1-4H3. The number of hydrogen-bond acceptors (Lipinski definition) is 6. The van der Waals surface area contributed by atoms with Crippen molar-refractivity contribution in [1.82, 2.24) is 0 Å². The fraction of sp³-hybridized carbons (Fsp3) is 0.227. The van der Waals surface area contributed by atoms with Crippen molar-refractivity contribution in [3.05, 3.63) is 69.1 Å². The van der Waals surface area contributed by atoms with E-state index in [0.717, 1.165) is 11.1 Å². The predicted octanol–water partition coefficient (Wildman–Crippen LogP) is 3.91. The fourth-order valence-electron chi connectivity index (χ4n) is 3.09. The van der Waals surface area contributed by atoms with Gasteiger partial charge in [-0.15, -0.1) is 0 Å². The van der Waals surface area contributed by atoms with Gasteiger partial charge in [-0.1, -0.05) is 18.2 Å². The molecule has 144 valence electrons. The Morgan fingerprint density at radius 3 is 2.32 bits per heavy atom. The van der Waals surface area contributed by atoms with E-state index in [1.165, 1.54) is 19.1 Å². The van der Waals surface area contributed by atoms with E-state index < -0.39 is 11.6 Å². The summed E-state index contributed by atoms with van der Waals surface area (Å²) in [7, 11) is 0. The molecule has 0 unspecified atom stereocenters. The average Bonchev–Trinajstić information content (AvgIpc) is 2.60. The number of carbonyl (C=O) groups excluding carboxylic acids is 2. The van der Waals surface area contributed by atoms with Gasteiger partial charge < -0.3 is 13.9 Å². The molecule has 2 aromatic carbocycles. The SMILES string of the molecule is CC(=O)c1c(OC(=O)COc2c(C)cccc2C)ccc2c(C)cc(=O)oc12. The minimum absolute atomic E-state index is 0.0313. The third-order valence-corrected chi connectivity index (χ3v) is 4.40. The Bertz CT molecular complexity index is 1120. The van der Waals surface area contributed by atoms with Crippen LogP contribution in [-0.4, -0.2) is 18.4 Å². The first-order chi connectivity index (χ1) is 13.3. The van der Waals surface area contributed by atoms with Gasteiger partial charge in [0.15, 0.2) is 18.0 Å². The third-order valence-electron chi connectivity index (χ3n) is 4.40. The topological polar surface area (TPSA) is 82.8 Å². The normalized spacial score (nSPS) is 10.7. The second kappa shape index (κ2) is 7.68. The molecule has 6 nitrogen and oxygen atoms in total. The zero-order valence-corrected chi connectivity index (χ0v) is 16.1. The third kappa shape index (κ3) is 3.81. The molecular formula is C22H20O6. The Hall–Kier alpha value is -3.41. The summed E-state index contributed by atoms with van der Waals surface area (Å²) < 4.78 is 16.2. The maximum Gasteiger partial charge on any atom is 0.349 e. The van der Waals surface area contributed by atoms with Gasteiger partial charge in [0.1, 0.15) is 17.1 Å². The number of carbonyl (C=O) groups is 2. The van der Waals surface area contributed by atoms with Gasteiger partial charge >= 0.3 is 11.6 Å². The van der Waals surface area contributed by atoms with Crippen LogP contribution in [0.3, 0.4) is 0 Å². The second-order valence-electron chi connectivity index (χ2n) is 6.60. The van der Waals surface area contributed by atoms with Crippen LogP contribution < -0.4 is 15.1 Å². The lowest BCUT2D eigenvalue weighted by Crippen LogP contribution is -2.19. The summed E-state index contributed by atoms with van der Waals surface area (Å²) in [6.07, 6.45) is 0. The monoisotopic (exact) mass is 380 g/mol. The van der Waals surface area contributed by atoms with Gasteiger partial charge in [-0.25, -0.2) is 9.59 Å². The van der Waals surface area contributed by atoms with E-state index in [9.17, 15) is 14.4 Å². The highest BCUT2D eigenvalue weighted by Crippen LogP contribution is 2.30. The summed E-state index contributed by atoms with van der Waals surface area (Å²) in [5.74, 6) is -0.396. The first kappa shape index (κ1) is 19.4. The number of hydrogen-bond donors (Lipinski definition) is 0. The highest BCUT2D eigenvalue weighted by molar-refractivity contribution is 6.08. The molecule has 6 heteroatoms. The van der Waals surface area contributed by atoms with Crippen LogP contribution in [0.15, 0.2) is 45.6 Å². The molecule has 28 heavy (non-hydrogen) atoms. The summed E-state index contributed by atoms with van der Waals surface area (Å²) in [5.41, 5.74) is 2.07. The molecule has 1 aromatic heterocycles. The number of rotatable bonds is 5. The molecule has 0 amide bonds. The average molecular weight is 380 g/mol. The van der Waals surface area contributed by atoms with E-state index in [0.29, 0.717) is 16.7 Å². The molecule has 3 aromatic rings. The maximum absolute atomic E-state index is 12.3. The van der Waals surface area contributed by atoms with Crippen molar-refractivity contribution in [2.75, 3.05) is 6.61 Å². The zero-order valence-electron chi connectivity index (χ0n) is 16.1. The number of benzene rings is 2. The largest absolute Gasteiger partial charge is 0.481 e. The molecule has 0 fully saturated rings. The summed E-state index contributed by atoms with van der Waals surface area (Å²) in [5, 5.41) is 0.608. The van der Waals surface area contributed by atoms with Crippen molar-refractivity contribution in [3.63, 3.8) is 0 Å². The van der Waals surface area contributed by atoms with Gasteiger partial charge in [0.05, 0.1) is 0 Å². The molecule has 3 rings (SSSR count). The number of aryl methyl sites for hydroxylation is 3. The second-order valence-corrected chi connectivity index (χ2v) is 6.60. The van der Waals surface area contributed by atoms with Crippen LogP contribution in [0, 0.1) is 20.8 Å². The number of ketones is 1. The molecule has 0 atom stereocenters. The minimum atomic E-state index is -0.667. The first-order valence-corrected chi connectivity index (χ1v) is 8.76. The first-order valence-electron chi connectivity index (χ1n) is 8.76. The van der Waals surface area contributed by atoms with Gasteiger partial charge in [0.25, 0.3) is 0 Å². The van der Waals surface area contributed by atoms with Crippen LogP contribution in [0.1, 0.15) is 34.0 Å². The van der Waals surface area contributed by atoms with Crippen molar-refractivity contribution >= 4 is 22.7 Å². The van der Waals surface area contributed by atoms with Crippen molar-refractivity contribution in [3.8, 4) is 11.5 Å². The Kier molecular flexibility index (Phi) is 5.31. The van der Waals surface area contributed by atoms with Crippen LogP contribution in [0.4, 0.5) is 0 Å². The fourth-order valence-corrected chi connectivity index (χ4v) is 3.09. The van der Waals surface area contributed by atoms with E-state index in [4.69, 9.17) is 13.9 Å². The van der Waals surface area contributed by atoms with Gasteiger partial charge in [-0.05, 0) is 56.5 Å². The summed E-state index contributed by atoms with van der Waals surface area (Å²) >= 11 is 0. The summed E-state index contributed by atoms with van der Waals surface area (Å²) in [6.45, 7) is 6.51. The number of ether oxygens (including phenoxy) is 2. The molecule has 0 N–H and O–H groups in total. The van der Waals surface area contributed by atoms with Crippen molar-refractivity contribution in [2.45, 2.75) is 27.7 Å². The molecule has 0 aliphatic carbocycles. The lowest BCUT2D eigenvalue weighted by Gasteiger charge is -2.13. The number of Topliss-reactive ketones (excluding diaryl/α,β-unsaturated/α-hetero) is 1. The van der Waals surface area contributed by atoms with Gasteiger partial charge in [-0.2, -0.15) is 0 Å². The van der Waals surface area contributed by atoms with E-state index >= 15 is 0 Å². The quantitative estimate of drug-likeness (QED) is 0.289. The Balaban J connectivity index is 1.89. The van der Waals surface area contributed by atoms with Crippen LogP contribution in [0.2, 0.25) is 0 Å². The molecular weight excluding hydrogens is 360 g/mol. The van der Waals surface area contributed by atoms with Gasteiger partial charge in [-0.3, -0.25) is 4.79 Å². The molecule has 0 spiro atoms. The van der Waals surface area contributed by atoms with Gasteiger partial charge in [0.2, 0.25) is 0 Å². The van der Waals surface area contributed by atoms with Crippen molar-refractivity contribution in [2.24, 2.45) is 0 Å². The van der Waals surface area contributed by atoms with Crippen LogP contribution in [-0.2, 0) is 4.79 Å². The summed E-state index contributed by atoms with van der Waals surface area (Å²) in [4.78, 5) is 36.2. The minimum Gasteiger partial charge on any atom is -0.481 e. The van der Waals surface area contributed by atoms with Gasteiger partial charge in [0, 0.05) is 11.5 Å². The van der Waals surface area contributed by atoms with Crippen LogP contribution >= 0.6 is 0 Å². The lowest BCUT2D eigenvalue weighted by molar-refractivity contribution is -0.136. The molecule has 1 heterocycles. The van der Waals surface area contributed by atoms with Crippen molar-refractivity contribution < 1.29 is 23.5 Å². The van der Waals surface area contributed by atoms with E-state index in [2.05, 4.69) is 0 Å². The van der Waals surface area contributed by atoms with E-state index in [1.807, 2.05) is 32.0 Å². The van der Waals surface area contributed by atoms with Crippen LogP contribution in [0.5, 0.6) is 11.5 Å². The zero-order chi connectivity index (χ0) is 20.4. The number of para-hydroxylation sites is 1. The van der Waals surface area contributed by atoms with E-state index in [1.54, 1.807) is 13.0 Å². The van der Waals surface area contributed by atoms with E-state index in [-0.39, 0.29) is 29.3 Å². The Labute approximate surface area is 161 Å². The van der Waals surface area contributed by atoms with Crippen LogP contribution in [0.25, 0.3) is 11.0 Å². The highest BCUT2D eigenvalue weighted by atomic mass is 16.6. The Morgan fingerprint density at radius 2 is 1.68 bits per heavy atom. The number of esters is 1. The number of fused-ring (bicyclic) bond motifs is 1. The molecule has 0 bridgehead atoms. The molecule has 0 radical (unpaired) electrons. The Morgan fingerprint density at radius 1 is 1.00 bits per heavy atom. The molecule has 0 aliphatic heterocycles. The summed E-state index contributed by atoms with van der Waals surface area (Å²) in [6, 6.07) is 10.2. The smallest absolute Gasteiger partial charge is 0.349 e. The predicted molar refractivity (Wildman–Crippen MR) is 104 cm³/mol. The maximum atomic E-state index is 12.3. The highest BCUT2D eigenvalue weighted by Gasteiger charge is 2.20. The lowest BCUT2D eigenvalue weighted by atomic mass is 10.0. The molecule has 0 saturated heterocycles. The van der Waals surface area contributed by atoms with Crippen molar-refractivity contribution in [1.29, 1.82) is 0 Å².